The van der Waals surface area contributed by atoms with E-state index in [-0.39, 0.29) is 13.0 Å². The summed E-state index contributed by atoms with van der Waals surface area (Å²) in [6, 6.07) is 0. The minimum absolute atomic E-state index is 0.213. The molecule has 0 bridgehead atoms. The van der Waals surface area contributed by atoms with Crippen LogP contribution >= 0.6 is 0 Å². The molecule has 0 aromatic rings. The Labute approximate surface area is 93.8 Å². The van der Waals surface area contributed by atoms with Crippen molar-refractivity contribution in [3.05, 3.63) is 11.1 Å². The Morgan fingerprint density at radius 2 is 2.19 bits per heavy atom. The van der Waals surface area contributed by atoms with Gasteiger partial charge in [0.25, 0.3) is 0 Å². The third-order valence-corrected chi connectivity index (χ3v) is 2.45. The zero-order chi connectivity index (χ0) is 12.3. The van der Waals surface area contributed by atoms with Gasteiger partial charge in [-0.1, -0.05) is 0 Å². The Bertz CT molecular complexity index is 383. The van der Waals surface area contributed by atoms with Crippen LogP contribution in [0.1, 0.15) is 27.2 Å². The number of hydrogen-bond donors (Lipinski definition) is 1. The Balaban J connectivity index is 3.00. The molecule has 1 aliphatic heterocycles. The minimum Gasteiger partial charge on any atom is -0.481 e. The van der Waals surface area contributed by atoms with Gasteiger partial charge in [0.1, 0.15) is 5.54 Å². The summed E-state index contributed by atoms with van der Waals surface area (Å²) in [5.41, 5.74) is 0.0151. The van der Waals surface area contributed by atoms with Crippen molar-refractivity contribution in [2.75, 3.05) is 6.61 Å². The maximum absolute atomic E-state index is 11.7. The van der Waals surface area contributed by atoms with E-state index in [2.05, 4.69) is 4.99 Å². The van der Waals surface area contributed by atoms with E-state index in [1.54, 1.807) is 20.8 Å². The summed E-state index contributed by atoms with van der Waals surface area (Å²) in [4.78, 5) is 26.5. The van der Waals surface area contributed by atoms with Crippen molar-refractivity contribution in [2.24, 2.45) is 4.99 Å². The van der Waals surface area contributed by atoms with Crippen molar-refractivity contribution < 1.29 is 19.4 Å². The second-order valence-electron chi connectivity index (χ2n) is 3.88. The molecule has 1 unspecified atom stereocenters. The van der Waals surface area contributed by atoms with Gasteiger partial charge in [-0.25, -0.2) is 4.79 Å². The van der Waals surface area contributed by atoms with Gasteiger partial charge in [-0.05, 0) is 26.3 Å². The van der Waals surface area contributed by atoms with Crippen LogP contribution in [0.4, 0.5) is 0 Å². The number of ether oxygens (including phenoxy) is 1. The van der Waals surface area contributed by atoms with Crippen molar-refractivity contribution >= 4 is 18.2 Å². The van der Waals surface area contributed by atoms with Gasteiger partial charge in [-0.15, -0.1) is 0 Å². The average molecular weight is 225 g/mol. The lowest BCUT2D eigenvalue weighted by atomic mass is 9.88. The zero-order valence-electron chi connectivity index (χ0n) is 9.61. The molecule has 0 aromatic heterocycles. The van der Waals surface area contributed by atoms with E-state index in [4.69, 9.17) is 9.84 Å². The number of rotatable bonds is 4. The van der Waals surface area contributed by atoms with E-state index in [0.29, 0.717) is 11.1 Å². The Morgan fingerprint density at radius 1 is 1.56 bits per heavy atom. The summed E-state index contributed by atoms with van der Waals surface area (Å²) in [5.74, 6) is -1.47. The van der Waals surface area contributed by atoms with Gasteiger partial charge in [0.15, 0.2) is 0 Å². The molecule has 1 aliphatic rings. The lowest BCUT2D eigenvalue weighted by Gasteiger charge is -2.22. The van der Waals surface area contributed by atoms with Crippen LogP contribution in [0.15, 0.2) is 16.1 Å². The molecule has 0 aliphatic carbocycles. The number of carbonyl (C=O) groups excluding carboxylic acids is 1. The zero-order valence-corrected chi connectivity index (χ0v) is 9.61. The number of nitrogens with zero attached hydrogens (tertiary/aromatic N) is 1. The van der Waals surface area contributed by atoms with Gasteiger partial charge >= 0.3 is 11.9 Å². The predicted octanol–water partition coefficient (Wildman–Crippen LogP) is 1.18. The molecule has 1 atom stereocenters. The molecule has 0 spiro atoms. The van der Waals surface area contributed by atoms with Gasteiger partial charge < -0.3 is 9.84 Å². The number of carboxylic acid groups (broad SMARTS) is 1. The van der Waals surface area contributed by atoms with E-state index in [1.165, 1.54) is 6.21 Å². The molecule has 0 saturated carbocycles. The van der Waals surface area contributed by atoms with E-state index in [1.807, 2.05) is 0 Å². The van der Waals surface area contributed by atoms with E-state index in [0.717, 1.165) is 0 Å². The SMILES string of the molecule is CCOC(=O)C1=C(C)C=NC1(C)CC(=O)O. The third-order valence-electron chi connectivity index (χ3n) is 2.45. The molecule has 5 nitrogen and oxygen atoms in total. The number of aliphatic imine (C=N–C) groups is 1. The number of allylic oxidation sites excluding steroid dienone is 1. The number of carbonyl (C=O) groups is 2. The average Bonchev–Trinajstić information content (AvgIpc) is 2.41. The van der Waals surface area contributed by atoms with E-state index in [9.17, 15) is 9.59 Å². The molecule has 0 aromatic carbocycles. The van der Waals surface area contributed by atoms with Crippen LogP contribution in [0.25, 0.3) is 0 Å². The highest BCUT2D eigenvalue weighted by molar-refractivity contribution is 6.02. The first-order chi connectivity index (χ1) is 7.40. The quantitative estimate of drug-likeness (QED) is 0.729. The normalized spacial score (nSPS) is 23.7. The van der Waals surface area contributed by atoms with Gasteiger partial charge in [-0.2, -0.15) is 0 Å². The summed E-state index contributed by atoms with van der Waals surface area (Å²) < 4.78 is 4.90. The molecule has 0 saturated heterocycles. The lowest BCUT2D eigenvalue weighted by Crippen LogP contribution is -2.31. The van der Waals surface area contributed by atoms with Gasteiger partial charge in [0.2, 0.25) is 0 Å². The fraction of sp³-hybridized carbons (Fsp3) is 0.545. The highest BCUT2D eigenvalue weighted by atomic mass is 16.5. The van der Waals surface area contributed by atoms with Crippen molar-refractivity contribution in [3.8, 4) is 0 Å². The fourth-order valence-electron chi connectivity index (χ4n) is 1.81. The van der Waals surface area contributed by atoms with Crippen LogP contribution in [0.5, 0.6) is 0 Å². The Hall–Kier alpha value is -1.65. The van der Waals surface area contributed by atoms with Crippen molar-refractivity contribution in [1.82, 2.24) is 0 Å². The minimum atomic E-state index is -0.998. The van der Waals surface area contributed by atoms with Crippen LogP contribution in [0.2, 0.25) is 0 Å². The maximum Gasteiger partial charge on any atom is 0.336 e. The van der Waals surface area contributed by atoms with E-state index < -0.39 is 17.5 Å². The summed E-state index contributed by atoms with van der Waals surface area (Å²) >= 11 is 0. The van der Waals surface area contributed by atoms with Crippen LogP contribution in [0.3, 0.4) is 0 Å². The monoisotopic (exact) mass is 225 g/mol. The molecule has 0 fully saturated rings. The molecular weight excluding hydrogens is 210 g/mol. The van der Waals surface area contributed by atoms with Crippen molar-refractivity contribution in [2.45, 2.75) is 32.7 Å². The van der Waals surface area contributed by atoms with Crippen LogP contribution in [-0.4, -0.2) is 35.4 Å². The molecule has 5 heteroatoms. The first kappa shape index (κ1) is 12.4. The third kappa shape index (κ3) is 2.29. The highest BCUT2D eigenvalue weighted by Gasteiger charge is 2.40. The van der Waals surface area contributed by atoms with Crippen molar-refractivity contribution in [3.63, 3.8) is 0 Å². The fourth-order valence-corrected chi connectivity index (χ4v) is 1.81. The van der Waals surface area contributed by atoms with E-state index >= 15 is 0 Å². The van der Waals surface area contributed by atoms with Gasteiger partial charge in [0.05, 0.1) is 18.6 Å². The molecule has 1 heterocycles. The topological polar surface area (TPSA) is 76.0 Å². The van der Waals surface area contributed by atoms with Gasteiger partial charge in [-0.3, -0.25) is 9.79 Å². The molecule has 16 heavy (non-hydrogen) atoms. The summed E-state index contributed by atoms with van der Waals surface area (Å²) in [6.07, 6.45) is 1.31. The standard InChI is InChI=1S/C11H15NO4/c1-4-16-10(15)9-7(2)6-12-11(9,3)5-8(13)14/h6H,4-5H2,1-3H3,(H,13,14). The number of hydrogen-bond acceptors (Lipinski definition) is 4. The molecule has 1 rings (SSSR count). The highest BCUT2D eigenvalue weighted by Crippen LogP contribution is 2.33. The largest absolute Gasteiger partial charge is 0.481 e. The second-order valence-corrected chi connectivity index (χ2v) is 3.88. The molecular formula is C11H15NO4. The summed E-state index contributed by atoms with van der Waals surface area (Å²) in [7, 11) is 0. The van der Waals surface area contributed by atoms with Gasteiger partial charge in [0, 0.05) is 6.21 Å². The predicted molar refractivity (Wildman–Crippen MR) is 58.5 cm³/mol. The lowest BCUT2D eigenvalue weighted by molar-refractivity contribution is -0.140. The second kappa shape index (κ2) is 4.47. The van der Waals surface area contributed by atoms with Crippen LogP contribution in [0, 0.1) is 0 Å². The number of aliphatic carboxylic acids is 1. The maximum atomic E-state index is 11.7. The first-order valence-electron chi connectivity index (χ1n) is 5.06. The molecule has 0 radical (unpaired) electrons. The number of carboxylic acids is 1. The van der Waals surface area contributed by atoms with Crippen LogP contribution in [-0.2, 0) is 14.3 Å². The Kier molecular flexibility index (Phi) is 3.47. The molecule has 88 valence electrons. The summed E-state index contributed by atoms with van der Waals surface area (Å²) in [5, 5.41) is 8.81. The van der Waals surface area contributed by atoms with Crippen molar-refractivity contribution in [1.29, 1.82) is 0 Å². The summed E-state index contributed by atoms with van der Waals surface area (Å²) in [6.45, 7) is 5.32. The smallest absolute Gasteiger partial charge is 0.336 e. The number of esters is 1. The van der Waals surface area contributed by atoms with Crippen LogP contribution < -0.4 is 0 Å². The Morgan fingerprint density at radius 3 is 2.69 bits per heavy atom. The molecule has 0 amide bonds. The first-order valence-corrected chi connectivity index (χ1v) is 5.06. The molecule has 1 N–H and O–H groups in total.